The SMILES string of the molecule is CCN(CC)c1ccc(C2=C(O)/C(=C3\C(=O)N(C(C)(C)C)N=C3CCC3CCCC3)C2=O)c(NC(=O)C(C)(C)CC)c1. The minimum absolute atomic E-state index is 0.0332. The van der Waals surface area contributed by atoms with Crippen molar-refractivity contribution in [2.45, 2.75) is 106 Å². The highest BCUT2D eigenvalue weighted by Crippen LogP contribution is 2.44. The number of benzene rings is 1. The second-order valence-electron chi connectivity index (χ2n) is 13.4. The molecule has 1 aromatic rings. The van der Waals surface area contributed by atoms with Gasteiger partial charge in [-0.3, -0.25) is 14.4 Å². The van der Waals surface area contributed by atoms with Gasteiger partial charge in [0.2, 0.25) is 11.7 Å². The lowest BCUT2D eigenvalue weighted by Crippen LogP contribution is -2.40. The fourth-order valence-electron chi connectivity index (χ4n) is 5.94. The number of allylic oxidation sites excluding steroid dienone is 2. The summed E-state index contributed by atoms with van der Waals surface area (Å²) in [5, 5.41) is 20.6. The molecule has 0 atom stereocenters. The zero-order valence-electron chi connectivity index (χ0n) is 26.7. The van der Waals surface area contributed by atoms with Gasteiger partial charge in [-0.2, -0.15) is 5.10 Å². The number of hydrazone groups is 1. The highest BCUT2D eigenvalue weighted by Gasteiger charge is 2.46. The largest absolute Gasteiger partial charge is 0.506 e. The van der Waals surface area contributed by atoms with E-state index in [4.69, 9.17) is 0 Å². The molecule has 3 aliphatic rings. The van der Waals surface area contributed by atoms with Crippen molar-refractivity contribution in [1.29, 1.82) is 0 Å². The summed E-state index contributed by atoms with van der Waals surface area (Å²) in [5.74, 6) is -0.540. The number of hydrogen-bond acceptors (Lipinski definition) is 6. The van der Waals surface area contributed by atoms with Gasteiger partial charge in [-0.05, 0) is 78.0 Å². The monoisotopic (exact) mass is 576 g/mol. The number of carbonyl (C=O) groups excluding carboxylic acids is 3. The summed E-state index contributed by atoms with van der Waals surface area (Å²) < 4.78 is 0. The molecule has 42 heavy (non-hydrogen) atoms. The van der Waals surface area contributed by atoms with Crippen LogP contribution in [-0.2, 0) is 14.4 Å². The topological polar surface area (TPSA) is 102 Å². The summed E-state index contributed by atoms with van der Waals surface area (Å²) in [7, 11) is 0. The molecule has 0 aromatic heterocycles. The van der Waals surface area contributed by atoms with Crippen molar-refractivity contribution in [1.82, 2.24) is 5.01 Å². The molecule has 8 heteroatoms. The van der Waals surface area contributed by atoms with E-state index >= 15 is 0 Å². The van der Waals surface area contributed by atoms with Crippen molar-refractivity contribution in [3.05, 3.63) is 40.7 Å². The molecule has 228 valence electrons. The number of aliphatic hydroxyl groups is 1. The molecule has 2 N–H and O–H groups in total. The minimum Gasteiger partial charge on any atom is -0.506 e. The maximum absolute atomic E-state index is 13.9. The first-order valence-electron chi connectivity index (χ1n) is 15.6. The molecule has 0 radical (unpaired) electrons. The van der Waals surface area contributed by atoms with Gasteiger partial charge in [-0.1, -0.05) is 46.5 Å². The van der Waals surface area contributed by atoms with Crippen LogP contribution in [0.4, 0.5) is 11.4 Å². The van der Waals surface area contributed by atoms with Crippen molar-refractivity contribution < 1.29 is 19.5 Å². The number of hydrogen-bond donors (Lipinski definition) is 2. The fraction of sp³-hybridized carbons (Fsp3) is 0.588. The van der Waals surface area contributed by atoms with Gasteiger partial charge in [-0.15, -0.1) is 0 Å². The van der Waals surface area contributed by atoms with Crippen LogP contribution in [-0.4, -0.2) is 52.1 Å². The number of carbonyl (C=O) groups is 3. The first-order valence-corrected chi connectivity index (χ1v) is 15.6. The van der Waals surface area contributed by atoms with Crippen molar-refractivity contribution in [3.63, 3.8) is 0 Å². The summed E-state index contributed by atoms with van der Waals surface area (Å²) in [5.41, 5.74) is 1.57. The number of Topliss-reactive ketones (excluding diaryl/α,β-unsaturated/α-hetero) is 1. The molecule has 1 fully saturated rings. The molecule has 2 aliphatic carbocycles. The van der Waals surface area contributed by atoms with E-state index in [2.05, 4.69) is 29.2 Å². The highest BCUT2D eigenvalue weighted by atomic mass is 16.3. The van der Waals surface area contributed by atoms with Crippen LogP contribution in [0.25, 0.3) is 5.57 Å². The third-order valence-electron chi connectivity index (χ3n) is 9.14. The molecule has 1 saturated carbocycles. The van der Waals surface area contributed by atoms with Crippen LogP contribution in [0.3, 0.4) is 0 Å². The average Bonchev–Trinajstić information content (AvgIpc) is 3.57. The quantitative estimate of drug-likeness (QED) is 0.291. The summed E-state index contributed by atoms with van der Waals surface area (Å²) in [4.78, 5) is 42.9. The molecule has 0 bridgehead atoms. The second-order valence-corrected chi connectivity index (χ2v) is 13.4. The molecule has 1 aromatic carbocycles. The van der Waals surface area contributed by atoms with Crippen molar-refractivity contribution >= 4 is 40.3 Å². The van der Waals surface area contributed by atoms with Gasteiger partial charge in [0, 0.05) is 29.8 Å². The van der Waals surface area contributed by atoms with E-state index in [0.29, 0.717) is 35.7 Å². The Morgan fingerprint density at radius 3 is 2.21 bits per heavy atom. The first-order chi connectivity index (χ1) is 19.7. The van der Waals surface area contributed by atoms with E-state index in [1.54, 1.807) is 6.07 Å². The number of aliphatic hydroxyl groups excluding tert-OH is 1. The molecular formula is C34H48N4O4. The maximum atomic E-state index is 13.9. The Kier molecular flexibility index (Phi) is 9.05. The number of amides is 2. The minimum atomic E-state index is -0.618. The van der Waals surface area contributed by atoms with E-state index < -0.39 is 16.7 Å². The van der Waals surface area contributed by atoms with E-state index in [1.165, 1.54) is 30.7 Å². The average molecular weight is 577 g/mol. The predicted molar refractivity (Wildman–Crippen MR) is 170 cm³/mol. The lowest BCUT2D eigenvalue weighted by atomic mass is 9.78. The van der Waals surface area contributed by atoms with Crippen molar-refractivity contribution in [2.24, 2.45) is 16.4 Å². The number of nitrogens with one attached hydrogen (secondary N) is 1. The van der Waals surface area contributed by atoms with Crippen LogP contribution in [0.1, 0.15) is 106 Å². The molecule has 0 unspecified atom stereocenters. The summed E-state index contributed by atoms with van der Waals surface area (Å²) in [6, 6.07) is 5.54. The van der Waals surface area contributed by atoms with Crippen molar-refractivity contribution in [2.75, 3.05) is 23.3 Å². The van der Waals surface area contributed by atoms with E-state index in [9.17, 15) is 19.5 Å². The number of anilines is 2. The van der Waals surface area contributed by atoms with Gasteiger partial charge in [-0.25, -0.2) is 5.01 Å². The first kappa shape index (κ1) is 31.5. The van der Waals surface area contributed by atoms with Crippen LogP contribution in [0.5, 0.6) is 0 Å². The Labute approximate surface area is 250 Å². The Morgan fingerprint density at radius 2 is 1.67 bits per heavy atom. The lowest BCUT2D eigenvalue weighted by Gasteiger charge is -2.29. The van der Waals surface area contributed by atoms with Crippen LogP contribution < -0.4 is 10.2 Å². The second kappa shape index (κ2) is 12.1. The molecule has 1 aliphatic heterocycles. The summed E-state index contributed by atoms with van der Waals surface area (Å²) in [6.07, 6.45) is 6.94. The third kappa shape index (κ3) is 5.90. The molecular weight excluding hydrogens is 528 g/mol. The van der Waals surface area contributed by atoms with Gasteiger partial charge < -0.3 is 15.3 Å². The molecule has 0 spiro atoms. The summed E-state index contributed by atoms with van der Waals surface area (Å²) in [6.45, 7) is 17.1. The van der Waals surface area contributed by atoms with E-state index in [-0.39, 0.29) is 34.3 Å². The van der Waals surface area contributed by atoms with Gasteiger partial charge in [0.25, 0.3) is 5.91 Å². The molecule has 8 nitrogen and oxygen atoms in total. The Bertz CT molecular complexity index is 1350. The van der Waals surface area contributed by atoms with Crippen LogP contribution in [0.15, 0.2) is 40.2 Å². The number of nitrogens with zero attached hydrogens (tertiary/aromatic N) is 3. The van der Waals surface area contributed by atoms with Gasteiger partial charge in [0.15, 0.2) is 0 Å². The third-order valence-corrected chi connectivity index (χ3v) is 9.14. The van der Waals surface area contributed by atoms with Crippen LogP contribution >= 0.6 is 0 Å². The molecule has 0 saturated heterocycles. The van der Waals surface area contributed by atoms with Gasteiger partial charge in [0.1, 0.15) is 5.76 Å². The van der Waals surface area contributed by atoms with E-state index in [0.717, 1.165) is 25.2 Å². The van der Waals surface area contributed by atoms with Gasteiger partial charge in [0.05, 0.1) is 33.7 Å². The van der Waals surface area contributed by atoms with Crippen LogP contribution in [0, 0.1) is 11.3 Å². The lowest BCUT2D eigenvalue weighted by molar-refractivity contribution is -0.130. The van der Waals surface area contributed by atoms with Crippen LogP contribution in [0.2, 0.25) is 0 Å². The Morgan fingerprint density at radius 1 is 1.02 bits per heavy atom. The van der Waals surface area contributed by atoms with Gasteiger partial charge >= 0.3 is 0 Å². The summed E-state index contributed by atoms with van der Waals surface area (Å²) >= 11 is 0. The zero-order valence-corrected chi connectivity index (χ0v) is 26.7. The standard InChI is InChI=1S/C34H48N4O4/c1-9-34(7,8)32(42)35-25-20-22(37(10-2)11-3)17-18-23(25)26-29(39)28(30(26)40)27-24(19-16-21-14-12-13-15-21)36-38(31(27)41)33(4,5)6/h17-18,20-21,39H,9-16,19H2,1-8H3,(H,35,42)/b28-27+. The molecule has 2 amide bonds. The fourth-order valence-corrected chi connectivity index (χ4v) is 5.94. The Balaban J connectivity index is 1.79. The highest BCUT2D eigenvalue weighted by molar-refractivity contribution is 6.44. The Hall–Kier alpha value is -3.42. The predicted octanol–water partition coefficient (Wildman–Crippen LogP) is 7.02. The molecule has 4 rings (SSSR count). The van der Waals surface area contributed by atoms with Crippen molar-refractivity contribution in [3.8, 4) is 0 Å². The molecule has 1 heterocycles. The normalized spacial score (nSPS) is 19.9. The van der Waals surface area contributed by atoms with E-state index in [1.807, 2.05) is 53.7 Å². The number of rotatable bonds is 10. The number of ketones is 1. The maximum Gasteiger partial charge on any atom is 0.277 e. The zero-order chi connectivity index (χ0) is 31.0. The smallest absolute Gasteiger partial charge is 0.277 e.